The molecule has 1 fully saturated rings. The van der Waals surface area contributed by atoms with E-state index in [-0.39, 0.29) is 5.92 Å². The molecule has 1 aromatic carbocycles. The second kappa shape index (κ2) is 6.66. The van der Waals surface area contributed by atoms with Crippen molar-refractivity contribution >= 4 is 5.78 Å². The molecule has 0 heterocycles. The normalized spacial score (nSPS) is 23.8. The Balaban J connectivity index is 1.65. The molecule has 0 atom stereocenters. The van der Waals surface area contributed by atoms with Crippen LogP contribution in [0.3, 0.4) is 0 Å². The highest BCUT2D eigenvalue weighted by Gasteiger charge is 2.23. The van der Waals surface area contributed by atoms with Crippen molar-refractivity contribution in [3.8, 4) is 0 Å². The van der Waals surface area contributed by atoms with Gasteiger partial charge >= 0.3 is 0 Å². The minimum absolute atomic E-state index is 0.275. The van der Waals surface area contributed by atoms with Crippen LogP contribution in [-0.4, -0.2) is 11.8 Å². The molecule has 0 saturated heterocycles. The molecule has 0 aromatic heterocycles. The van der Waals surface area contributed by atoms with E-state index in [9.17, 15) is 4.79 Å². The van der Waals surface area contributed by atoms with Gasteiger partial charge in [0.15, 0.2) is 0 Å². The molecule has 1 aromatic rings. The average molecular weight is 247 g/mol. The van der Waals surface area contributed by atoms with E-state index in [0.717, 1.165) is 25.7 Å². The van der Waals surface area contributed by atoms with E-state index in [4.69, 9.17) is 4.84 Å². The summed E-state index contributed by atoms with van der Waals surface area (Å²) in [4.78, 5) is 16.8. The fraction of sp³-hybridized carbons (Fsp3) is 0.533. The smallest absolute Gasteiger partial charge is 0.132 e. The number of benzene rings is 1. The van der Waals surface area contributed by atoms with Gasteiger partial charge in [-0.05, 0) is 38.2 Å². The summed E-state index contributed by atoms with van der Waals surface area (Å²) >= 11 is 0. The summed E-state index contributed by atoms with van der Waals surface area (Å²) in [5.41, 5.74) is 4.29. The predicted molar refractivity (Wildman–Crippen MR) is 70.8 cm³/mol. The van der Waals surface area contributed by atoms with Crippen LogP contribution in [0.4, 0.5) is 0 Å². The SMILES string of the molecule is CC(=O)C1CCC(NOCc2ccccc2)CC1. The number of ketones is 1. The summed E-state index contributed by atoms with van der Waals surface area (Å²) in [6.45, 7) is 2.29. The van der Waals surface area contributed by atoms with Crippen LogP contribution in [0.15, 0.2) is 30.3 Å². The van der Waals surface area contributed by atoms with Crippen LogP contribution in [0.2, 0.25) is 0 Å². The van der Waals surface area contributed by atoms with Crippen molar-refractivity contribution < 1.29 is 9.63 Å². The first kappa shape index (κ1) is 13.2. The largest absolute Gasteiger partial charge is 0.300 e. The summed E-state index contributed by atoms with van der Waals surface area (Å²) in [6, 6.07) is 10.5. The highest BCUT2D eigenvalue weighted by Crippen LogP contribution is 2.24. The van der Waals surface area contributed by atoms with Crippen molar-refractivity contribution in [2.24, 2.45) is 5.92 Å². The summed E-state index contributed by atoms with van der Waals surface area (Å²) in [7, 11) is 0. The molecule has 1 aliphatic rings. The minimum Gasteiger partial charge on any atom is -0.300 e. The number of hydrogen-bond donors (Lipinski definition) is 1. The fourth-order valence-electron chi connectivity index (χ4n) is 2.43. The molecule has 0 unspecified atom stereocenters. The van der Waals surface area contributed by atoms with E-state index in [2.05, 4.69) is 5.48 Å². The van der Waals surface area contributed by atoms with E-state index in [1.165, 1.54) is 5.56 Å². The second-order valence-electron chi connectivity index (χ2n) is 5.05. The van der Waals surface area contributed by atoms with Crippen molar-refractivity contribution in [3.63, 3.8) is 0 Å². The Bertz CT molecular complexity index is 369. The second-order valence-corrected chi connectivity index (χ2v) is 5.05. The quantitative estimate of drug-likeness (QED) is 0.813. The van der Waals surface area contributed by atoms with Crippen LogP contribution in [0, 0.1) is 5.92 Å². The van der Waals surface area contributed by atoms with Gasteiger partial charge in [-0.25, -0.2) is 0 Å². The van der Waals surface area contributed by atoms with Crippen LogP contribution in [0.5, 0.6) is 0 Å². The number of carbonyl (C=O) groups excluding carboxylic acids is 1. The Morgan fingerprint density at radius 1 is 1.22 bits per heavy atom. The maximum Gasteiger partial charge on any atom is 0.132 e. The molecule has 1 aliphatic carbocycles. The van der Waals surface area contributed by atoms with Gasteiger partial charge in [0, 0.05) is 12.0 Å². The lowest BCUT2D eigenvalue weighted by molar-refractivity contribution is -0.122. The molecular weight excluding hydrogens is 226 g/mol. The van der Waals surface area contributed by atoms with Gasteiger partial charge in [-0.2, -0.15) is 5.48 Å². The third-order valence-corrected chi connectivity index (χ3v) is 3.63. The molecular formula is C15H21NO2. The van der Waals surface area contributed by atoms with Gasteiger partial charge in [-0.1, -0.05) is 30.3 Å². The van der Waals surface area contributed by atoms with Crippen molar-refractivity contribution in [1.29, 1.82) is 0 Å². The third-order valence-electron chi connectivity index (χ3n) is 3.63. The van der Waals surface area contributed by atoms with E-state index in [1.807, 2.05) is 30.3 Å². The summed E-state index contributed by atoms with van der Waals surface area (Å²) in [5, 5.41) is 0. The van der Waals surface area contributed by atoms with Crippen LogP contribution < -0.4 is 5.48 Å². The number of Topliss-reactive ketones (excluding diaryl/α,β-unsaturated/α-hetero) is 1. The maximum absolute atomic E-state index is 11.3. The van der Waals surface area contributed by atoms with Crippen molar-refractivity contribution in [2.75, 3.05) is 0 Å². The average Bonchev–Trinajstić information content (AvgIpc) is 2.40. The summed E-state index contributed by atoms with van der Waals surface area (Å²) < 4.78 is 0. The molecule has 0 spiro atoms. The Morgan fingerprint density at radius 3 is 2.50 bits per heavy atom. The van der Waals surface area contributed by atoms with E-state index >= 15 is 0 Å². The lowest BCUT2D eigenvalue weighted by Gasteiger charge is -2.27. The van der Waals surface area contributed by atoms with E-state index in [1.54, 1.807) is 6.92 Å². The van der Waals surface area contributed by atoms with Gasteiger partial charge in [0.2, 0.25) is 0 Å². The molecule has 18 heavy (non-hydrogen) atoms. The van der Waals surface area contributed by atoms with Crippen LogP contribution in [0.1, 0.15) is 38.2 Å². The molecule has 98 valence electrons. The van der Waals surface area contributed by atoms with Gasteiger partial charge in [0.25, 0.3) is 0 Å². The van der Waals surface area contributed by atoms with Gasteiger partial charge in [-0.3, -0.25) is 9.63 Å². The van der Waals surface area contributed by atoms with Crippen LogP contribution >= 0.6 is 0 Å². The first-order chi connectivity index (χ1) is 8.75. The van der Waals surface area contributed by atoms with Crippen LogP contribution in [-0.2, 0) is 16.2 Å². The number of hydroxylamine groups is 1. The van der Waals surface area contributed by atoms with Crippen LogP contribution in [0.25, 0.3) is 0 Å². The van der Waals surface area contributed by atoms with Crippen molar-refractivity contribution in [3.05, 3.63) is 35.9 Å². The van der Waals surface area contributed by atoms with Gasteiger partial charge < -0.3 is 0 Å². The summed E-state index contributed by atoms with van der Waals surface area (Å²) in [5.74, 6) is 0.607. The highest BCUT2D eigenvalue weighted by atomic mass is 16.6. The Hall–Kier alpha value is -1.19. The molecule has 2 rings (SSSR count). The van der Waals surface area contributed by atoms with Gasteiger partial charge in [-0.15, -0.1) is 0 Å². The monoisotopic (exact) mass is 247 g/mol. The molecule has 3 heteroatoms. The summed E-state index contributed by atoms with van der Waals surface area (Å²) in [6.07, 6.45) is 4.03. The zero-order valence-corrected chi connectivity index (χ0v) is 10.9. The zero-order valence-electron chi connectivity index (χ0n) is 10.9. The topological polar surface area (TPSA) is 38.3 Å². The first-order valence-electron chi connectivity index (χ1n) is 6.67. The molecule has 3 nitrogen and oxygen atoms in total. The highest BCUT2D eigenvalue weighted by molar-refractivity contribution is 5.78. The molecule has 0 amide bonds. The Kier molecular flexibility index (Phi) is 4.90. The molecule has 1 N–H and O–H groups in total. The van der Waals surface area contributed by atoms with E-state index in [0.29, 0.717) is 18.4 Å². The molecule has 0 radical (unpaired) electrons. The number of nitrogens with one attached hydrogen (secondary N) is 1. The number of rotatable bonds is 5. The predicted octanol–water partition coefficient (Wildman–Crippen LogP) is 2.86. The Morgan fingerprint density at radius 2 is 1.89 bits per heavy atom. The van der Waals surface area contributed by atoms with Gasteiger partial charge in [0.05, 0.1) is 6.61 Å². The zero-order chi connectivity index (χ0) is 12.8. The standard InChI is InChI=1S/C15H21NO2/c1-12(17)14-7-9-15(10-8-14)16-18-11-13-5-3-2-4-6-13/h2-6,14-16H,7-11H2,1H3. The van der Waals surface area contributed by atoms with Gasteiger partial charge in [0.1, 0.15) is 5.78 Å². The van der Waals surface area contributed by atoms with E-state index < -0.39 is 0 Å². The lowest BCUT2D eigenvalue weighted by Crippen LogP contribution is -2.34. The fourth-order valence-corrected chi connectivity index (χ4v) is 2.43. The van der Waals surface area contributed by atoms with Crippen molar-refractivity contribution in [2.45, 2.75) is 45.3 Å². The first-order valence-corrected chi connectivity index (χ1v) is 6.67. The molecule has 0 bridgehead atoms. The number of hydrogen-bond acceptors (Lipinski definition) is 3. The number of carbonyl (C=O) groups is 1. The molecule has 1 saturated carbocycles. The van der Waals surface area contributed by atoms with Crippen molar-refractivity contribution in [1.82, 2.24) is 5.48 Å². The Labute approximate surface area is 108 Å². The minimum atomic E-state index is 0.275. The lowest BCUT2D eigenvalue weighted by atomic mass is 9.84. The third kappa shape index (κ3) is 3.93. The maximum atomic E-state index is 11.3. The molecule has 0 aliphatic heterocycles.